The fraction of sp³-hybridized carbons (Fsp3) is 0.625. The van der Waals surface area contributed by atoms with Gasteiger partial charge in [-0.1, -0.05) is 26.0 Å². The van der Waals surface area contributed by atoms with Gasteiger partial charge in [0.15, 0.2) is 0 Å². The Morgan fingerprint density at radius 3 is 2.42 bits per heavy atom. The summed E-state index contributed by atoms with van der Waals surface area (Å²) in [7, 11) is 3.96. The highest BCUT2D eigenvalue weighted by Gasteiger charge is 2.17. The molecule has 1 fully saturated rings. The molecule has 1 aromatic carbocycles. The Balaban J connectivity index is 2.26. The molecule has 1 aromatic rings. The third-order valence-electron chi connectivity index (χ3n) is 3.92. The molecule has 2 rings (SSSR count). The van der Waals surface area contributed by atoms with Crippen molar-refractivity contribution < 1.29 is 4.74 Å². The van der Waals surface area contributed by atoms with Gasteiger partial charge in [-0.15, -0.1) is 0 Å². The maximum absolute atomic E-state index is 5.34. The van der Waals surface area contributed by atoms with Crippen LogP contribution < -0.4 is 4.90 Å². The van der Waals surface area contributed by atoms with Crippen LogP contribution in [0.3, 0.4) is 0 Å². The van der Waals surface area contributed by atoms with E-state index >= 15 is 0 Å². The molecular formula is C16H26N2O. The zero-order chi connectivity index (χ0) is 13.8. The molecule has 0 atom stereocenters. The summed E-state index contributed by atoms with van der Waals surface area (Å²) >= 11 is 0. The molecule has 106 valence electrons. The molecule has 0 bridgehead atoms. The van der Waals surface area contributed by atoms with Gasteiger partial charge in [0, 0.05) is 44.5 Å². The van der Waals surface area contributed by atoms with Crippen LogP contribution in [-0.2, 0) is 11.3 Å². The van der Waals surface area contributed by atoms with Crippen molar-refractivity contribution in [3.8, 4) is 0 Å². The first-order valence-electron chi connectivity index (χ1n) is 7.17. The van der Waals surface area contributed by atoms with Crippen LogP contribution in [0.4, 0.5) is 5.69 Å². The van der Waals surface area contributed by atoms with Gasteiger partial charge in [0.2, 0.25) is 0 Å². The molecule has 1 saturated heterocycles. The number of rotatable bonds is 4. The summed E-state index contributed by atoms with van der Waals surface area (Å²) in [5, 5.41) is 0. The van der Waals surface area contributed by atoms with Crippen molar-refractivity contribution in [3.05, 3.63) is 29.3 Å². The van der Waals surface area contributed by atoms with Gasteiger partial charge >= 0.3 is 0 Å². The third-order valence-corrected chi connectivity index (χ3v) is 3.92. The number of piperazine rings is 1. The Bertz CT molecular complexity index is 409. The lowest BCUT2D eigenvalue weighted by atomic mass is 9.99. The minimum atomic E-state index is 0.572. The van der Waals surface area contributed by atoms with E-state index in [-0.39, 0.29) is 0 Å². The first-order chi connectivity index (χ1) is 9.11. The minimum Gasteiger partial charge on any atom is -0.380 e. The van der Waals surface area contributed by atoms with Crippen molar-refractivity contribution in [3.63, 3.8) is 0 Å². The van der Waals surface area contributed by atoms with E-state index in [2.05, 4.69) is 48.9 Å². The Labute approximate surface area is 117 Å². The van der Waals surface area contributed by atoms with Crippen molar-refractivity contribution in [1.29, 1.82) is 0 Å². The molecule has 0 aromatic heterocycles. The van der Waals surface area contributed by atoms with E-state index in [1.165, 1.54) is 16.8 Å². The zero-order valence-electron chi connectivity index (χ0n) is 12.6. The maximum Gasteiger partial charge on any atom is 0.0733 e. The predicted octanol–water partition coefficient (Wildman–Crippen LogP) is 2.71. The van der Waals surface area contributed by atoms with E-state index in [4.69, 9.17) is 4.74 Å². The lowest BCUT2D eigenvalue weighted by Gasteiger charge is -2.35. The van der Waals surface area contributed by atoms with Crippen LogP contribution in [0.25, 0.3) is 0 Å². The van der Waals surface area contributed by atoms with Crippen LogP contribution in [0.5, 0.6) is 0 Å². The van der Waals surface area contributed by atoms with Gasteiger partial charge in [0.05, 0.1) is 6.61 Å². The lowest BCUT2D eigenvalue weighted by molar-refractivity contribution is 0.185. The third kappa shape index (κ3) is 3.48. The van der Waals surface area contributed by atoms with Gasteiger partial charge in [0.25, 0.3) is 0 Å². The number of likely N-dealkylation sites (N-methyl/N-ethyl adjacent to an activating group) is 1. The number of methoxy groups -OCH3 is 1. The monoisotopic (exact) mass is 262 g/mol. The minimum absolute atomic E-state index is 0.572. The summed E-state index contributed by atoms with van der Waals surface area (Å²) in [6.45, 7) is 9.68. The van der Waals surface area contributed by atoms with E-state index in [0.29, 0.717) is 12.5 Å². The van der Waals surface area contributed by atoms with Gasteiger partial charge in [-0.25, -0.2) is 0 Å². The highest BCUT2D eigenvalue weighted by Crippen LogP contribution is 2.27. The largest absolute Gasteiger partial charge is 0.380 e. The normalized spacial score (nSPS) is 17.2. The second-order valence-electron chi connectivity index (χ2n) is 5.77. The van der Waals surface area contributed by atoms with Crippen LogP contribution in [0.1, 0.15) is 30.9 Å². The van der Waals surface area contributed by atoms with Crippen molar-refractivity contribution in [1.82, 2.24) is 4.90 Å². The summed E-state index contributed by atoms with van der Waals surface area (Å²) in [5.41, 5.74) is 4.08. The Hall–Kier alpha value is -1.06. The summed E-state index contributed by atoms with van der Waals surface area (Å²) < 4.78 is 5.34. The van der Waals surface area contributed by atoms with E-state index in [9.17, 15) is 0 Å². The fourth-order valence-corrected chi connectivity index (χ4v) is 2.56. The first-order valence-corrected chi connectivity index (χ1v) is 7.17. The summed E-state index contributed by atoms with van der Waals surface area (Å²) in [6.07, 6.45) is 0. The predicted molar refractivity (Wildman–Crippen MR) is 81.0 cm³/mol. The van der Waals surface area contributed by atoms with E-state index < -0.39 is 0 Å². The quantitative estimate of drug-likeness (QED) is 0.830. The number of benzene rings is 1. The SMILES string of the molecule is COCc1ccc(C(C)C)cc1N1CCN(C)CC1. The Kier molecular flexibility index (Phi) is 4.83. The van der Waals surface area contributed by atoms with Gasteiger partial charge < -0.3 is 14.5 Å². The van der Waals surface area contributed by atoms with Gasteiger partial charge in [-0.3, -0.25) is 0 Å². The van der Waals surface area contributed by atoms with Gasteiger partial charge in [-0.2, -0.15) is 0 Å². The van der Waals surface area contributed by atoms with E-state index in [1.807, 2.05) is 0 Å². The highest BCUT2D eigenvalue weighted by molar-refractivity contribution is 5.56. The summed E-state index contributed by atoms with van der Waals surface area (Å²) in [4.78, 5) is 4.89. The van der Waals surface area contributed by atoms with Crippen molar-refractivity contribution in [2.45, 2.75) is 26.4 Å². The Morgan fingerprint density at radius 2 is 1.84 bits per heavy atom. The van der Waals surface area contributed by atoms with Crippen molar-refractivity contribution in [2.75, 3.05) is 45.2 Å². The second kappa shape index (κ2) is 6.40. The van der Waals surface area contributed by atoms with Crippen molar-refractivity contribution in [2.24, 2.45) is 0 Å². The topological polar surface area (TPSA) is 15.7 Å². The average Bonchev–Trinajstić information content (AvgIpc) is 2.40. The summed E-state index contributed by atoms with van der Waals surface area (Å²) in [5.74, 6) is 0.572. The number of nitrogens with zero attached hydrogens (tertiary/aromatic N) is 2. The van der Waals surface area contributed by atoms with Crippen LogP contribution in [0.15, 0.2) is 18.2 Å². The molecule has 1 aliphatic heterocycles. The fourth-order valence-electron chi connectivity index (χ4n) is 2.56. The molecule has 3 nitrogen and oxygen atoms in total. The van der Waals surface area contributed by atoms with Crippen LogP contribution in [0, 0.1) is 0 Å². The smallest absolute Gasteiger partial charge is 0.0733 e. The highest BCUT2D eigenvalue weighted by atomic mass is 16.5. The molecule has 0 unspecified atom stereocenters. The second-order valence-corrected chi connectivity index (χ2v) is 5.77. The number of hydrogen-bond acceptors (Lipinski definition) is 3. The Morgan fingerprint density at radius 1 is 1.16 bits per heavy atom. The van der Waals surface area contributed by atoms with Crippen LogP contribution in [0.2, 0.25) is 0 Å². The van der Waals surface area contributed by atoms with Crippen LogP contribution >= 0.6 is 0 Å². The number of ether oxygens (including phenoxy) is 1. The molecule has 3 heteroatoms. The molecule has 0 radical (unpaired) electrons. The summed E-state index contributed by atoms with van der Waals surface area (Å²) in [6, 6.07) is 6.81. The number of anilines is 1. The molecule has 0 amide bonds. The zero-order valence-corrected chi connectivity index (χ0v) is 12.6. The first kappa shape index (κ1) is 14.4. The molecule has 0 spiro atoms. The molecular weight excluding hydrogens is 236 g/mol. The molecule has 1 aliphatic rings. The van der Waals surface area contributed by atoms with Crippen LogP contribution in [-0.4, -0.2) is 45.2 Å². The standard InChI is InChI=1S/C16H26N2O/c1-13(2)14-5-6-15(12-19-4)16(11-14)18-9-7-17(3)8-10-18/h5-6,11,13H,7-10,12H2,1-4H3. The molecule has 0 saturated carbocycles. The van der Waals surface area contributed by atoms with Gasteiger partial charge in [-0.05, 0) is 24.6 Å². The molecule has 1 heterocycles. The van der Waals surface area contributed by atoms with Crippen molar-refractivity contribution >= 4 is 5.69 Å². The molecule has 0 aliphatic carbocycles. The molecule has 0 N–H and O–H groups in total. The maximum atomic E-state index is 5.34. The lowest BCUT2D eigenvalue weighted by Crippen LogP contribution is -2.44. The van der Waals surface area contributed by atoms with E-state index in [0.717, 1.165) is 26.2 Å². The average molecular weight is 262 g/mol. The number of hydrogen-bond donors (Lipinski definition) is 0. The van der Waals surface area contributed by atoms with E-state index in [1.54, 1.807) is 7.11 Å². The molecule has 19 heavy (non-hydrogen) atoms. The van der Waals surface area contributed by atoms with Gasteiger partial charge in [0.1, 0.15) is 0 Å².